The first-order valence-corrected chi connectivity index (χ1v) is 11.5. The van der Waals surface area contributed by atoms with E-state index in [4.69, 9.17) is 11.6 Å². The second-order valence-corrected chi connectivity index (χ2v) is 9.78. The van der Waals surface area contributed by atoms with Crippen molar-refractivity contribution in [3.05, 3.63) is 68.5 Å². The largest absolute Gasteiger partial charge is 0.326 e. The number of hydrogen-bond acceptors (Lipinski definition) is 3. The molecule has 0 saturated carbocycles. The average molecular weight is 450 g/mol. The summed E-state index contributed by atoms with van der Waals surface area (Å²) >= 11 is 6.08. The molecule has 3 heterocycles. The first-order chi connectivity index (χ1) is 15.3. The standard InChI is InChI=1S/C22H26B2ClN5O2/c23-22(24,9-12-29-18-4-2-1-3-16(18)26-20(29)31)28-10-7-15(8-11-28)30-19-6-5-14(25)13-17(19)27-21(30)32/h1-6,13,15H,7-12,23-24H2,(H,26,31)(H,27,32). The van der Waals surface area contributed by atoms with Gasteiger partial charge in [-0.25, -0.2) is 9.59 Å². The van der Waals surface area contributed by atoms with E-state index in [1.54, 1.807) is 6.07 Å². The Morgan fingerprint density at radius 1 is 0.969 bits per heavy atom. The lowest BCUT2D eigenvalue weighted by atomic mass is 9.58. The highest BCUT2D eigenvalue weighted by molar-refractivity contribution is 6.39. The Hall–Kier alpha value is -2.64. The zero-order chi connectivity index (χ0) is 22.5. The summed E-state index contributed by atoms with van der Waals surface area (Å²) in [5.41, 5.74) is 3.40. The van der Waals surface area contributed by atoms with Crippen LogP contribution in [0.5, 0.6) is 0 Å². The molecule has 2 N–H and O–H groups in total. The quantitative estimate of drug-likeness (QED) is 0.451. The molecule has 0 aliphatic carbocycles. The predicted octanol–water partition coefficient (Wildman–Crippen LogP) is 1.27. The maximum absolute atomic E-state index is 12.6. The van der Waals surface area contributed by atoms with E-state index in [0.717, 1.165) is 54.4 Å². The molecule has 1 fully saturated rings. The third-order valence-corrected chi connectivity index (χ3v) is 7.23. The number of rotatable bonds is 5. The summed E-state index contributed by atoms with van der Waals surface area (Å²) in [6, 6.07) is 13.5. The zero-order valence-corrected chi connectivity index (χ0v) is 19.2. The van der Waals surface area contributed by atoms with E-state index in [9.17, 15) is 9.59 Å². The minimum Gasteiger partial charge on any atom is -0.313 e. The number of benzene rings is 2. The van der Waals surface area contributed by atoms with Gasteiger partial charge in [-0.1, -0.05) is 23.7 Å². The molecule has 0 atom stereocenters. The van der Waals surface area contributed by atoms with Crippen molar-refractivity contribution in [1.29, 1.82) is 0 Å². The summed E-state index contributed by atoms with van der Waals surface area (Å²) in [5, 5.41) is 0.568. The van der Waals surface area contributed by atoms with Crippen LogP contribution in [0, 0.1) is 0 Å². The fourth-order valence-electron chi connectivity index (χ4n) is 5.07. The number of likely N-dealkylation sites (tertiary alicyclic amines) is 1. The van der Waals surface area contributed by atoms with Crippen molar-refractivity contribution in [1.82, 2.24) is 24.0 Å². The maximum Gasteiger partial charge on any atom is 0.326 e. The fourth-order valence-corrected chi connectivity index (χ4v) is 5.24. The van der Waals surface area contributed by atoms with Gasteiger partial charge in [0, 0.05) is 17.6 Å². The fraction of sp³-hybridized carbons (Fsp3) is 0.364. The minimum atomic E-state index is -0.0707. The summed E-state index contributed by atoms with van der Waals surface area (Å²) < 4.78 is 3.72. The number of piperidine rings is 1. The van der Waals surface area contributed by atoms with Gasteiger partial charge in [0.05, 0.1) is 22.1 Å². The molecule has 1 aliphatic heterocycles. The second kappa shape index (κ2) is 8.05. The number of para-hydroxylation sites is 2. The first-order valence-electron chi connectivity index (χ1n) is 11.2. The molecule has 2 aromatic heterocycles. The Labute approximate surface area is 192 Å². The molecule has 5 rings (SSSR count). The molecule has 7 nitrogen and oxygen atoms in total. The molecule has 0 amide bonds. The van der Waals surface area contributed by atoms with Crippen molar-refractivity contribution < 1.29 is 0 Å². The van der Waals surface area contributed by atoms with Crippen LogP contribution in [0.2, 0.25) is 5.02 Å². The molecular formula is C22H26B2ClN5O2. The lowest BCUT2D eigenvalue weighted by Crippen LogP contribution is -2.54. The smallest absolute Gasteiger partial charge is 0.313 e. The van der Waals surface area contributed by atoms with Crippen LogP contribution in [0.15, 0.2) is 52.1 Å². The Balaban J connectivity index is 1.28. The number of nitrogens with one attached hydrogen (secondary N) is 2. The predicted molar refractivity (Wildman–Crippen MR) is 134 cm³/mol. The Kier molecular flexibility index (Phi) is 5.34. The highest BCUT2D eigenvalue weighted by Gasteiger charge is 2.32. The van der Waals surface area contributed by atoms with Crippen molar-refractivity contribution in [3.8, 4) is 0 Å². The monoisotopic (exact) mass is 449 g/mol. The van der Waals surface area contributed by atoms with Crippen molar-refractivity contribution in [3.63, 3.8) is 0 Å². The topological polar surface area (TPSA) is 78.8 Å². The molecule has 32 heavy (non-hydrogen) atoms. The van der Waals surface area contributed by atoms with Crippen LogP contribution in [-0.2, 0) is 6.54 Å². The molecule has 0 radical (unpaired) electrons. The number of aromatic amines is 2. The molecule has 4 aromatic rings. The van der Waals surface area contributed by atoms with Gasteiger partial charge in [0.25, 0.3) is 0 Å². The minimum absolute atomic E-state index is 0.0541. The van der Waals surface area contributed by atoms with Gasteiger partial charge in [-0.15, -0.1) is 0 Å². The number of aromatic nitrogens is 4. The van der Waals surface area contributed by atoms with E-state index in [-0.39, 0.29) is 22.8 Å². The van der Waals surface area contributed by atoms with E-state index in [1.807, 2.05) is 45.5 Å². The number of fused-ring (bicyclic) bond motifs is 2. The Morgan fingerprint density at radius 2 is 1.69 bits per heavy atom. The molecule has 2 aromatic carbocycles. The molecular weight excluding hydrogens is 423 g/mol. The first kappa shape index (κ1) is 21.2. The van der Waals surface area contributed by atoms with E-state index < -0.39 is 0 Å². The highest BCUT2D eigenvalue weighted by atomic mass is 35.5. The molecule has 0 bridgehead atoms. The maximum atomic E-state index is 12.6. The number of imidazole rings is 2. The Morgan fingerprint density at radius 3 is 2.47 bits per heavy atom. The number of hydrogen-bond donors (Lipinski definition) is 2. The second-order valence-electron chi connectivity index (χ2n) is 9.34. The van der Waals surface area contributed by atoms with Gasteiger partial charge in [-0.2, -0.15) is 0 Å². The molecule has 10 heteroatoms. The van der Waals surface area contributed by atoms with Gasteiger partial charge in [-0.05, 0) is 68.0 Å². The third-order valence-electron chi connectivity index (χ3n) is 6.99. The van der Waals surface area contributed by atoms with Crippen LogP contribution in [0.4, 0.5) is 0 Å². The van der Waals surface area contributed by atoms with Gasteiger partial charge < -0.3 is 14.9 Å². The molecule has 164 valence electrons. The normalized spacial score (nSPS) is 16.3. The summed E-state index contributed by atoms with van der Waals surface area (Å²) in [5.74, 6) is 0. The molecule has 1 aliphatic rings. The lowest BCUT2D eigenvalue weighted by Gasteiger charge is -2.43. The van der Waals surface area contributed by atoms with Crippen LogP contribution in [0.1, 0.15) is 25.3 Å². The van der Waals surface area contributed by atoms with Crippen LogP contribution in [0.3, 0.4) is 0 Å². The summed E-state index contributed by atoms with van der Waals surface area (Å²) in [7, 11) is 4.49. The van der Waals surface area contributed by atoms with Crippen molar-refractivity contribution in [2.75, 3.05) is 13.1 Å². The lowest BCUT2D eigenvalue weighted by molar-refractivity contribution is 0.143. The van der Waals surface area contributed by atoms with E-state index in [2.05, 4.69) is 30.6 Å². The Bertz CT molecular complexity index is 1390. The van der Waals surface area contributed by atoms with E-state index in [0.29, 0.717) is 11.6 Å². The average Bonchev–Trinajstić information content (AvgIpc) is 3.26. The van der Waals surface area contributed by atoms with Gasteiger partial charge >= 0.3 is 11.4 Å². The van der Waals surface area contributed by atoms with Crippen molar-refractivity contribution >= 4 is 49.4 Å². The van der Waals surface area contributed by atoms with E-state index >= 15 is 0 Å². The number of nitrogens with zero attached hydrogens (tertiary/aromatic N) is 3. The van der Waals surface area contributed by atoms with Crippen LogP contribution in [0.25, 0.3) is 22.1 Å². The summed E-state index contributed by atoms with van der Waals surface area (Å²) in [6.07, 6.45) is 2.68. The third kappa shape index (κ3) is 3.73. The van der Waals surface area contributed by atoms with Gasteiger partial charge in [0.2, 0.25) is 0 Å². The summed E-state index contributed by atoms with van der Waals surface area (Å²) in [4.78, 5) is 33.4. The number of halogens is 1. The SMILES string of the molecule is BC(B)(CCn1c(=O)[nH]c2ccccc21)N1CCC(n2c(=O)[nH]c3cc(Cl)ccc32)CC1. The van der Waals surface area contributed by atoms with Crippen LogP contribution < -0.4 is 11.4 Å². The van der Waals surface area contributed by atoms with Crippen LogP contribution in [-0.4, -0.2) is 58.1 Å². The van der Waals surface area contributed by atoms with Crippen molar-refractivity contribution in [2.24, 2.45) is 0 Å². The number of H-pyrrole nitrogens is 2. The zero-order valence-electron chi connectivity index (χ0n) is 18.4. The highest BCUT2D eigenvalue weighted by Crippen LogP contribution is 2.29. The molecule has 0 spiro atoms. The van der Waals surface area contributed by atoms with Crippen molar-refractivity contribution in [2.45, 2.75) is 37.2 Å². The molecule has 1 saturated heterocycles. The van der Waals surface area contributed by atoms with E-state index in [1.165, 1.54) is 0 Å². The van der Waals surface area contributed by atoms with Crippen LogP contribution >= 0.6 is 11.6 Å². The summed E-state index contributed by atoms with van der Waals surface area (Å²) in [6.45, 7) is 2.48. The van der Waals surface area contributed by atoms with Gasteiger partial charge in [0.1, 0.15) is 15.7 Å². The number of aryl methyl sites for hydroxylation is 1. The molecule has 0 unspecified atom stereocenters. The van der Waals surface area contributed by atoms with Gasteiger partial charge in [-0.3, -0.25) is 9.13 Å². The van der Waals surface area contributed by atoms with Gasteiger partial charge in [0.15, 0.2) is 0 Å².